The molecule has 0 spiro atoms. The number of halogens is 1. The molecule has 0 fully saturated rings. The van der Waals surface area contributed by atoms with Gasteiger partial charge in [0.2, 0.25) is 0 Å². The maximum Gasteiger partial charge on any atom is 0.343 e. The molecule has 0 saturated carbocycles. The molecule has 110 valence electrons. The first-order chi connectivity index (χ1) is 10.7. The van der Waals surface area contributed by atoms with Gasteiger partial charge in [0.15, 0.2) is 0 Å². The van der Waals surface area contributed by atoms with Crippen LogP contribution >= 0.6 is 15.9 Å². The van der Waals surface area contributed by atoms with Gasteiger partial charge >= 0.3 is 5.97 Å². The highest BCUT2D eigenvalue weighted by molar-refractivity contribution is 9.10. The van der Waals surface area contributed by atoms with Gasteiger partial charge in [-0.05, 0) is 45.6 Å². The van der Waals surface area contributed by atoms with Crippen LogP contribution in [0.5, 0.6) is 11.5 Å². The van der Waals surface area contributed by atoms with E-state index in [1.54, 1.807) is 31.4 Å². The summed E-state index contributed by atoms with van der Waals surface area (Å²) in [4.78, 5) is 12.3. The Bertz CT molecular complexity index is 837. The van der Waals surface area contributed by atoms with Crippen LogP contribution in [-0.2, 0) is 0 Å². The number of hydrogen-bond acceptors (Lipinski definition) is 3. The third kappa shape index (κ3) is 2.83. The summed E-state index contributed by atoms with van der Waals surface area (Å²) in [6, 6.07) is 18.5. The van der Waals surface area contributed by atoms with Crippen molar-refractivity contribution in [1.29, 1.82) is 0 Å². The molecule has 3 rings (SSSR count). The van der Waals surface area contributed by atoms with E-state index in [9.17, 15) is 4.79 Å². The summed E-state index contributed by atoms with van der Waals surface area (Å²) in [5, 5.41) is 1.94. The van der Waals surface area contributed by atoms with Gasteiger partial charge in [-0.25, -0.2) is 4.79 Å². The molecule has 0 aromatic heterocycles. The zero-order chi connectivity index (χ0) is 15.5. The monoisotopic (exact) mass is 356 g/mol. The van der Waals surface area contributed by atoms with Gasteiger partial charge in [0, 0.05) is 5.39 Å². The Labute approximate surface area is 136 Å². The minimum absolute atomic E-state index is 0.403. The largest absolute Gasteiger partial charge is 0.496 e. The number of fused-ring (bicyclic) bond motifs is 1. The summed E-state index contributed by atoms with van der Waals surface area (Å²) in [6.07, 6.45) is 0. The van der Waals surface area contributed by atoms with Crippen LogP contribution in [0.3, 0.4) is 0 Å². The Hall–Kier alpha value is -2.33. The number of benzene rings is 3. The molecule has 0 radical (unpaired) electrons. The highest BCUT2D eigenvalue weighted by Crippen LogP contribution is 2.28. The molecule has 0 heterocycles. The molecule has 3 aromatic rings. The zero-order valence-corrected chi connectivity index (χ0v) is 13.5. The van der Waals surface area contributed by atoms with Crippen LogP contribution in [0.1, 0.15) is 10.4 Å². The van der Waals surface area contributed by atoms with E-state index in [2.05, 4.69) is 15.9 Å². The van der Waals surface area contributed by atoms with E-state index in [1.807, 2.05) is 36.4 Å². The third-order valence-electron chi connectivity index (χ3n) is 3.34. The molecule has 0 amide bonds. The lowest BCUT2D eigenvalue weighted by molar-refractivity contribution is 0.0737. The molecule has 22 heavy (non-hydrogen) atoms. The topological polar surface area (TPSA) is 35.5 Å². The minimum Gasteiger partial charge on any atom is -0.496 e. The van der Waals surface area contributed by atoms with Gasteiger partial charge in [-0.3, -0.25) is 0 Å². The van der Waals surface area contributed by atoms with Gasteiger partial charge in [0.05, 0.1) is 17.1 Å². The van der Waals surface area contributed by atoms with Crippen molar-refractivity contribution in [1.82, 2.24) is 0 Å². The molecular formula is C18H13BrO3. The van der Waals surface area contributed by atoms with Crippen molar-refractivity contribution in [3.63, 3.8) is 0 Å². The van der Waals surface area contributed by atoms with Gasteiger partial charge in [-0.1, -0.05) is 36.4 Å². The number of rotatable bonds is 3. The SMILES string of the molecule is COc1ccc(C(=O)Oc2cccc3ccccc23)cc1Br. The van der Waals surface area contributed by atoms with Crippen molar-refractivity contribution in [3.05, 3.63) is 70.7 Å². The summed E-state index contributed by atoms with van der Waals surface area (Å²) < 4.78 is 11.4. The second kappa shape index (κ2) is 6.20. The fourth-order valence-corrected chi connectivity index (χ4v) is 2.78. The van der Waals surface area contributed by atoms with Gasteiger partial charge in [-0.2, -0.15) is 0 Å². The van der Waals surface area contributed by atoms with Crippen molar-refractivity contribution in [3.8, 4) is 11.5 Å². The summed E-state index contributed by atoms with van der Waals surface area (Å²) in [5.41, 5.74) is 0.459. The molecule has 0 aliphatic heterocycles. The van der Waals surface area contributed by atoms with Crippen molar-refractivity contribution < 1.29 is 14.3 Å². The lowest BCUT2D eigenvalue weighted by Gasteiger charge is -2.09. The molecule has 0 aliphatic carbocycles. The van der Waals surface area contributed by atoms with Crippen molar-refractivity contribution in [2.45, 2.75) is 0 Å². The second-order valence-electron chi connectivity index (χ2n) is 4.72. The van der Waals surface area contributed by atoms with Gasteiger partial charge in [-0.15, -0.1) is 0 Å². The zero-order valence-electron chi connectivity index (χ0n) is 11.9. The van der Waals surface area contributed by atoms with Crippen molar-refractivity contribution >= 4 is 32.7 Å². The van der Waals surface area contributed by atoms with E-state index in [4.69, 9.17) is 9.47 Å². The molecule has 0 aliphatic rings. The quantitative estimate of drug-likeness (QED) is 0.498. The predicted octanol–water partition coefficient (Wildman–Crippen LogP) is 4.83. The first kappa shape index (κ1) is 14.6. The van der Waals surface area contributed by atoms with E-state index in [0.29, 0.717) is 21.5 Å². The number of hydrogen-bond donors (Lipinski definition) is 0. The number of carbonyl (C=O) groups excluding carboxylic acids is 1. The lowest BCUT2D eigenvalue weighted by Crippen LogP contribution is -2.08. The summed E-state index contributed by atoms with van der Waals surface area (Å²) in [6.45, 7) is 0. The molecule has 0 saturated heterocycles. The van der Waals surface area contributed by atoms with Crippen LogP contribution in [-0.4, -0.2) is 13.1 Å². The van der Waals surface area contributed by atoms with Gasteiger partial charge in [0.25, 0.3) is 0 Å². The fraction of sp³-hybridized carbons (Fsp3) is 0.0556. The Balaban J connectivity index is 1.92. The number of ether oxygens (including phenoxy) is 2. The highest BCUT2D eigenvalue weighted by atomic mass is 79.9. The molecule has 3 nitrogen and oxygen atoms in total. The van der Waals surface area contributed by atoms with Crippen LogP contribution in [0.2, 0.25) is 0 Å². The van der Waals surface area contributed by atoms with E-state index in [1.165, 1.54) is 0 Å². The summed E-state index contributed by atoms with van der Waals surface area (Å²) in [7, 11) is 1.58. The normalized spacial score (nSPS) is 10.5. The van der Waals surface area contributed by atoms with Crippen molar-refractivity contribution in [2.24, 2.45) is 0 Å². The van der Waals surface area contributed by atoms with E-state index >= 15 is 0 Å². The molecule has 0 atom stereocenters. The third-order valence-corrected chi connectivity index (χ3v) is 3.96. The number of esters is 1. The molecule has 3 aromatic carbocycles. The maximum absolute atomic E-state index is 12.3. The Morgan fingerprint density at radius 3 is 2.50 bits per heavy atom. The number of carbonyl (C=O) groups is 1. The molecule has 4 heteroatoms. The van der Waals surface area contributed by atoms with Crippen LogP contribution in [0, 0.1) is 0 Å². The van der Waals surface area contributed by atoms with Crippen LogP contribution in [0.4, 0.5) is 0 Å². The molecular weight excluding hydrogens is 344 g/mol. The smallest absolute Gasteiger partial charge is 0.343 e. The Kier molecular flexibility index (Phi) is 4.11. The van der Waals surface area contributed by atoms with Crippen LogP contribution in [0.15, 0.2) is 65.1 Å². The summed E-state index contributed by atoms with van der Waals surface area (Å²) >= 11 is 3.37. The van der Waals surface area contributed by atoms with Gasteiger partial charge < -0.3 is 9.47 Å². The molecule has 0 bridgehead atoms. The average Bonchev–Trinajstić information content (AvgIpc) is 2.55. The molecule has 0 unspecified atom stereocenters. The minimum atomic E-state index is -0.403. The second-order valence-corrected chi connectivity index (χ2v) is 5.57. The first-order valence-electron chi connectivity index (χ1n) is 6.72. The molecule has 0 N–H and O–H groups in total. The Morgan fingerprint density at radius 2 is 1.73 bits per heavy atom. The fourth-order valence-electron chi connectivity index (χ4n) is 2.24. The lowest BCUT2D eigenvalue weighted by atomic mass is 10.1. The standard InChI is InChI=1S/C18H13BrO3/c1-21-17-10-9-13(11-15(17)19)18(20)22-16-8-4-6-12-5-2-3-7-14(12)16/h2-11H,1H3. The van der Waals surface area contributed by atoms with Gasteiger partial charge in [0.1, 0.15) is 11.5 Å². The maximum atomic E-state index is 12.3. The number of methoxy groups -OCH3 is 1. The van der Waals surface area contributed by atoms with E-state index in [0.717, 1.165) is 10.8 Å². The predicted molar refractivity (Wildman–Crippen MR) is 89.6 cm³/mol. The average molecular weight is 357 g/mol. The highest BCUT2D eigenvalue weighted by Gasteiger charge is 2.12. The van der Waals surface area contributed by atoms with Crippen LogP contribution in [0.25, 0.3) is 10.8 Å². The van der Waals surface area contributed by atoms with Crippen molar-refractivity contribution in [2.75, 3.05) is 7.11 Å². The van der Waals surface area contributed by atoms with Crippen LogP contribution < -0.4 is 9.47 Å². The Morgan fingerprint density at radius 1 is 0.955 bits per heavy atom. The van der Waals surface area contributed by atoms with E-state index < -0.39 is 5.97 Å². The first-order valence-corrected chi connectivity index (χ1v) is 7.52. The summed E-state index contributed by atoms with van der Waals surface area (Å²) in [5.74, 6) is 0.816. The van der Waals surface area contributed by atoms with E-state index in [-0.39, 0.29) is 0 Å².